The minimum Gasteiger partial charge on any atom is -0.343 e. The van der Waals surface area contributed by atoms with Gasteiger partial charge in [0.2, 0.25) is 11.8 Å². The summed E-state index contributed by atoms with van der Waals surface area (Å²) < 4.78 is 0. The zero-order valence-corrected chi connectivity index (χ0v) is 12.7. The zero-order valence-electron chi connectivity index (χ0n) is 12.7. The first-order chi connectivity index (χ1) is 10.2. The van der Waals surface area contributed by atoms with Crippen LogP contribution in [-0.4, -0.2) is 36.3 Å². The highest BCUT2D eigenvalue weighted by atomic mass is 16.2. The van der Waals surface area contributed by atoms with E-state index in [0.29, 0.717) is 6.42 Å². The molecule has 0 saturated heterocycles. The van der Waals surface area contributed by atoms with Crippen molar-refractivity contribution in [3.63, 3.8) is 0 Å². The highest BCUT2D eigenvalue weighted by molar-refractivity contribution is 6.02. The quantitative estimate of drug-likeness (QED) is 0.850. The summed E-state index contributed by atoms with van der Waals surface area (Å²) in [5, 5.41) is 0. The number of nitrogens with zero attached hydrogens (tertiary/aromatic N) is 2. The lowest BCUT2D eigenvalue weighted by Crippen LogP contribution is -2.35. The highest BCUT2D eigenvalue weighted by Crippen LogP contribution is 2.43. The van der Waals surface area contributed by atoms with Crippen LogP contribution in [0.5, 0.6) is 0 Å². The van der Waals surface area contributed by atoms with Crippen molar-refractivity contribution in [1.82, 2.24) is 4.90 Å². The van der Waals surface area contributed by atoms with Gasteiger partial charge in [-0.1, -0.05) is 18.2 Å². The fourth-order valence-corrected chi connectivity index (χ4v) is 3.28. The highest BCUT2D eigenvalue weighted by Gasteiger charge is 2.51. The number of carbonyl (C=O) groups excluding carboxylic acids is 2. The molecule has 0 radical (unpaired) electrons. The van der Waals surface area contributed by atoms with Crippen LogP contribution in [0, 0.1) is 11.8 Å². The Morgan fingerprint density at radius 3 is 2.62 bits per heavy atom. The molecule has 2 amide bonds. The Labute approximate surface area is 125 Å². The predicted molar refractivity (Wildman–Crippen MR) is 82.0 cm³/mol. The number of fused-ring (bicyclic) bond motifs is 1. The van der Waals surface area contributed by atoms with Crippen molar-refractivity contribution in [3.8, 4) is 0 Å². The Morgan fingerprint density at radius 2 is 1.90 bits per heavy atom. The molecule has 1 fully saturated rings. The standard InChI is InChI=1S/C17H22N2O2/c1-3-18(4-2)16(20)13-11-14(13)17(21)19-10-9-12-7-5-6-8-15(12)19/h5-8,13-14H,3-4,9-11H2,1-2H3. The lowest BCUT2D eigenvalue weighted by molar-refractivity contribution is -0.134. The molecule has 112 valence electrons. The van der Waals surface area contributed by atoms with Gasteiger partial charge in [-0.3, -0.25) is 9.59 Å². The summed E-state index contributed by atoms with van der Waals surface area (Å²) in [6.45, 7) is 6.16. The van der Waals surface area contributed by atoms with Crippen molar-refractivity contribution in [3.05, 3.63) is 29.8 Å². The van der Waals surface area contributed by atoms with Crippen molar-refractivity contribution in [1.29, 1.82) is 0 Å². The van der Waals surface area contributed by atoms with E-state index in [-0.39, 0.29) is 23.7 Å². The molecule has 2 atom stereocenters. The molecule has 4 nitrogen and oxygen atoms in total. The SMILES string of the molecule is CCN(CC)C(=O)C1CC1C(=O)N1CCc2ccccc21. The Balaban J connectivity index is 1.68. The van der Waals surface area contributed by atoms with E-state index < -0.39 is 0 Å². The number of hydrogen-bond acceptors (Lipinski definition) is 2. The summed E-state index contributed by atoms with van der Waals surface area (Å²) in [6.07, 6.45) is 1.64. The molecule has 4 heteroatoms. The van der Waals surface area contributed by atoms with Crippen LogP contribution in [0.15, 0.2) is 24.3 Å². The maximum atomic E-state index is 12.6. The minimum atomic E-state index is -0.107. The van der Waals surface area contributed by atoms with Crippen LogP contribution in [0.3, 0.4) is 0 Å². The summed E-state index contributed by atoms with van der Waals surface area (Å²) in [4.78, 5) is 28.6. The predicted octanol–water partition coefficient (Wildman–Crippen LogP) is 2.08. The maximum Gasteiger partial charge on any atom is 0.230 e. The third kappa shape index (κ3) is 2.43. The molecular formula is C17H22N2O2. The van der Waals surface area contributed by atoms with E-state index in [2.05, 4.69) is 6.07 Å². The van der Waals surface area contributed by atoms with Gasteiger partial charge in [0.15, 0.2) is 0 Å². The fraction of sp³-hybridized carbons (Fsp3) is 0.529. The van der Waals surface area contributed by atoms with Gasteiger partial charge in [-0.05, 0) is 38.3 Å². The molecule has 1 saturated carbocycles. The first-order valence-electron chi connectivity index (χ1n) is 7.85. The number of rotatable bonds is 4. The van der Waals surface area contributed by atoms with Crippen LogP contribution in [0.2, 0.25) is 0 Å². The van der Waals surface area contributed by atoms with Crippen molar-refractivity contribution < 1.29 is 9.59 Å². The van der Waals surface area contributed by atoms with Gasteiger partial charge in [0.1, 0.15) is 0 Å². The first kappa shape index (κ1) is 14.1. The maximum absolute atomic E-state index is 12.6. The number of benzene rings is 1. The normalized spacial score (nSPS) is 22.9. The van der Waals surface area contributed by atoms with Gasteiger partial charge in [-0.2, -0.15) is 0 Å². The molecule has 0 aromatic heterocycles. The number of anilines is 1. The second kappa shape index (κ2) is 5.51. The molecule has 0 spiro atoms. The van der Waals surface area contributed by atoms with Crippen molar-refractivity contribution >= 4 is 17.5 Å². The molecular weight excluding hydrogens is 264 g/mol. The van der Waals surface area contributed by atoms with Gasteiger partial charge in [0.25, 0.3) is 0 Å². The van der Waals surface area contributed by atoms with Gasteiger partial charge >= 0.3 is 0 Å². The van der Waals surface area contributed by atoms with Crippen LogP contribution in [0.25, 0.3) is 0 Å². The average molecular weight is 286 g/mol. The third-order valence-electron chi connectivity index (χ3n) is 4.65. The van der Waals surface area contributed by atoms with Gasteiger partial charge in [0.05, 0.1) is 11.8 Å². The summed E-state index contributed by atoms with van der Waals surface area (Å²) >= 11 is 0. The molecule has 2 unspecified atom stereocenters. The lowest BCUT2D eigenvalue weighted by atomic mass is 10.2. The van der Waals surface area contributed by atoms with E-state index >= 15 is 0 Å². The van der Waals surface area contributed by atoms with Gasteiger partial charge in [-0.25, -0.2) is 0 Å². The summed E-state index contributed by atoms with van der Waals surface area (Å²) in [7, 11) is 0. The largest absolute Gasteiger partial charge is 0.343 e. The summed E-state index contributed by atoms with van der Waals surface area (Å²) in [6, 6.07) is 8.06. The monoisotopic (exact) mass is 286 g/mol. The van der Waals surface area contributed by atoms with Crippen LogP contribution < -0.4 is 4.90 Å². The molecule has 21 heavy (non-hydrogen) atoms. The summed E-state index contributed by atoms with van der Waals surface area (Å²) in [5.74, 6) is 0.0747. The van der Waals surface area contributed by atoms with E-state index in [1.165, 1.54) is 5.56 Å². The smallest absolute Gasteiger partial charge is 0.230 e. The van der Waals surface area contributed by atoms with E-state index in [9.17, 15) is 9.59 Å². The molecule has 1 heterocycles. The van der Waals surface area contributed by atoms with Crippen molar-refractivity contribution in [2.75, 3.05) is 24.5 Å². The Morgan fingerprint density at radius 1 is 1.19 bits per heavy atom. The fourth-order valence-electron chi connectivity index (χ4n) is 3.28. The first-order valence-corrected chi connectivity index (χ1v) is 7.85. The molecule has 1 aliphatic heterocycles. The molecule has 1 aromatic rings. The second-order valence-electron chi connectivity index (χ2n) is 5.83. The van der Waals surface area contributed by atoms with Crippen LogP contribution in [0.1, 0.15) is 25.8 Å². The van der Waals surface area contributed by atoms with Gasteiger partial charge in [0, 0.05) is 25.3 Å². The topological polar surface area (TPSA) is 40.6 Å². The Bertz CT molecular complexity index is 566. The molecule has 3 rings (SSSR count). The summed E-state index contributed by atoms with van der Waals surface area (Å²) in [5.41, 5.74) is 2.27. The Hall–Kier alpha value is -1.84. The number of hydrogen-bond donors (Lipinski definition) is 0. The molecule has 0 bridgehead atoms. The average Bonchev–Trinajstić information content (AvgIpc) is 3.20. The van der Waals surface area contributed by atoms with Crippen molar-refractivity contribution in [2.45, 2.75) is 26.7 Å². The van der Waals surface area contributed by atoms with E-state index in [1.54, 1.807) is 0 Å². The minimum absolute atomic E-state index is 0.0924. The number of carbonyl (C=O) groups is 2. The van der Waals surface area contributed by atoms with E-state index in [1.807, 2.05) is 41.8 Å². The van der Waals surface area contributed by atoms with Crippen molar-refractivity contribution in [2.24, 2.45) is 11.8 Å². The van der Waals surface area contributed by atoms with Crippen LogP contribution in [-0.2, 0) is 16.0 Å². The lowest BCUT2D eigenvalue weighted by Gasteiger charge is -2.20. The molecule has 1 aromatic carbocycles. The Kier molecular flexibility index (Phi) is 3.70. The van der Waals surface area contributed by atoms with Gasteiger partial charge in [-0.15, -0.1) is 0 Å². The molecule has 0 N–H and O–H groups in total. The zero-order chi connectivity index (χ0) is 15.0. The van der Waals surface area contributed by atoms with Crippen LogP contribution in [0.4, 0.5) is 5.69 Å². The molecule has 2 aliphatic rings. The van der Waals surface area contributed by atoms with E-state index in [4.69, 9.17) is 0 Å². The van der Waals surface area contributed by atoms with Crippen LogP contribution >= 0.6 is 0 Å². The van der Waals surface area contributed by atoms with Gasteiger partial charge < -0.3 is 9.80 Å². The number of para-hydroxylation sites is 1. The number of amides is 2. The molecule has 1 aliphatic carbocycles. The third-order valence-corrected chi connectivity index (χ3v) is 4.65. The second-order valence-corrected chi connectivity index (χ2v) is 5.83. The van der Waals surface area contributed by atoms with E-state index in [0.717, 1.165) is 31.7 Å².